The molecular formula is C17H27NO2. The van der Waals surface area contributed by atoms with Crippen LogP contribution in [-0.4, -0.2) is 30.4 Å². The maximum absolute atomic E-state index is 9.69. The minimum Gasteiger partial charge on any atom is -0.394 e. The molecule has 1 aromatic rings. The molecule has 0 unspecified atom stereocenters. The highest BCUT2D eigenvalue weighted by Gasteiger charge is 2.40. The number of benzene rings is 1. The Hall–Kier alpha value is -0.900. The average molecular weight is 277 g/mol. The third kappa shape index (κ3) is 3.81. The zero-order valence-electron chi connectivity index (χ0n) is 12.8. The summed E-state index contributed by atoms with van der Waals surface area (Å²) < 4.78 is 5.98. The van der Waals surface area contributed by atoms with Crippen LogP contribution in [0.1, 0.15) is 32.8 Å². The summed E-state index contributed by atoms with van der Waals surface area (Å²) >= 11 is 0. The van der Waals surface area contributed by atoms with E-state index in [9.17, 15) is 5.11 Å². The molecule has 0 radical (unpaired) electrons. The highest BCUT2D eigenvalue weighted by molar-refractivity contribution is 5.13. The Morgan fingerprint density at radius 1 is 1.35 bits per heavy atom. The minimum absolute atomic E-state index is 0.0578. The molecule has 2 rings (SSSR count). The molecule has 0 aliphatic carbocycles. The maximum atomic E-state index is 9.69. The first-order chi connectivity index (χ1) is 9.53. The lowest BCUT2D eigenvalue weighted by Gasteiger charge is -2.45. The van der Waals surface area contributed by atoms with E-state index in [1.165, 1.54) is 0 Å². The molecule has 1 fully saturated rings. The summed E-state index contributed by atoms with van der Waals surface area (Å²) in [6, 6.07) is 10.3. The third-order valence-corrected chi connectivity index (χ3v) is 4.26. The summed E-state index contributed by atoms with van der Waals surface area (Å²) in [5, 5.41) is 13.3. The van der Waals surface area contributed by atoms with Gasteiger partial charge in [-0.2, -0.15) is 0 Å². The number of rotatable bonds is 5. The summed E-state index contributed by atoms with van der Waals surface area (Å²) in [6.45, 7) is 8.39. The van der Waals surface area contributed by atoms with E-state index >= 15 is 0 Å². The molecular weight excluding hydrogens is 250 g/mol. The van der Waals surface area contributed by atoms with Crippen LogP contribution in [0.5, 0.6) is 0 Å². The van der Waals surface area contributed by atoms with Crippen LogP contribution in [0.2, 0.25) is 0 Å². The van der Waals surface area contributed by atoms with Crippen molar-refractivity contribution in [2.75, 3.05) is 13.2 Å². The number of aliphatic hydroxyl groups is 1. The summed E-state index contributed by atoms with van der Waals surface area (Å²) in [5.74, 6) is 0.676. The van der Waals surface area contributed by atoms with Crippen LogP contribution in [0, 0.1) is 11.3 Å². The lowest BCUT2D eigenvalue weighted by molar-refractivity contribution is -0.0601. The molecule has 2 N–H and O–H groups in total. The second-order valence-corrected chi connectivity index (χ2v) is 6.70. The van der Waals surface area contributed by atoms with Gasteiger partial charge in [0.05, 0.1) is 19.3 Å². The van der Waals surface area contributed by atoms with E-state index in [4.69, 9.17) is 4.74 Å². The Morgan fingerprint density at radius 2 is 2.05 bits per heavy atom. The number of hydrogen-bond donors (Lipinski definition) is 2. The van der Waals surface area contributed by atoms with Gasteiger partial charge < -0.3 is 15.2 Å². The molecule has 112 valence electrons. The molecule has 3 heteroatoms. The quantitative estimate of drug-likeness (QED) is 0.869. The van der Waals surface area contributed by atoms with Crippen molar-refractivity contribution in [1.82, 2.24) is 5.32 Å². The molecule has 20 heavy (non-hydrogen) atoms. The second-order valence-electron chi connectivity index (χ2n) is 6.70. The first kappa shape index (κ1) is 15.5. The van der Waals surface area contributed by atoms with Crippen molar-refractivity contribution in [2.45, 2.75) is 45.9 Å². The SMILES string of the molecule is C[C@@H]1CN[C@@H]([C@@H](CO)OCc2ccccc2)C(C)(C)C1. The fourth-order valence-corrected chi connectivity index (χ4v) is 3.37. The first-order valence-corrected chi connectivity index (χ1v) is 7.52. The van der Waals surface area contributed by atoms with E-state index in [-0.39, 0.29) is 24.2 Å². The molecule has 0 aromatic heterocycles. The maximum Gasteiger partial charge on any atom is 0.0967 e. The fraction of sp³-hybridized carbons (Fsp3) is 0.647. The Morgan fingerprint density at radius 3 is 2.65 bits per heavy atom. The van der Waals surface area contributed by atoms with Crippen molar-refractivity contribution < 1.29 is 9.84 Å². The summed E-state index contributed by atoms with van der Waals surface area (Å²) in [7, 11) is 0. The summed E-state index contributed by atoms with van der Waals surface area (Å²) in [4.78, 5) is 0. The van der Waals surface area contributed by atoms with Crippen LogP contribution < -0.4 is 5.32 Å². The van der Waals surface area contributed by atoms with E-state index in [1.54, 1.807) is 0 Å². The summed E-state index contributed by atoms with van der Waals surface area (Å²) in [5.41, 5.74) is 1.29. The predicted molar refractivity (Wildman–Crippen MR) is 81.5 cm³/mol. The number of aliphatic hydroxyl groups excluding tert-OH is 1. The van der Waals surface area contributed by atoms with Gasteiger partial charge in [-0.25, -0.2) is 0 Å². The zero-order valence-corrected chi connectivity index (χ0v) is 12.8. The summed E-state index contributed by atoms with van der Waals surface area (Å²) in [6.07, 6.45) is 1.01. The monoisotopic (exact) mass is 277 g/mol. The van der Waals surface area contributed by atoms with Gasteiger partial charge in [0.2, 0.25) is 0 Å². The lowest BCUT2D eigenvalue weighted by atomic mass is 9.72. The predicted octanol–water partition coefficient (Wildman–Crippen LogP) is 2.59. The van der Waals surface area contributed by atoms with E-state index in [1.807, 2.05) is 18.2 Å². The molecule has 3 atom stereocenters. The normalized spacial score (nSPS) is 27.2. The van der Waals surface area contributed by atoms with Crippen molar-refractivity contribution in [3.63, 3.8) is 0 Å². The van der Waals surface area contributed by atoms with Gasteiger partial charge in [0.25, 0.3) is 0 Å². The van der Waals surface area contributed by atoms with Gasteiger partial charge in [-0.05, 0) is 29.9 Å². The average Bonchev–Trinajstić information content (AvgIpc) is 2.41. The molecule has 0 bridgehead atoms. The van der Waals surface area contributed by atoms with Gasteiger partial charge in [0.15, 0.2) is 0 Å². The minimum atomic E-state index is -0.155. The molecule has 1 heterocycles. The number of nitrogens with one attached hydrogen (secondary N) is 1. The van der Waals surface area contributed by atoms with Crippen molar-refractivity contribution >= 4 is 0 Å². The molecule has 0 spiro atoms. The fourth-order valence-electron chi connectivity index (χ4n) is 3.37. The largest absolute Gasteiger partial charge is 0.394 e. The van der Waals surface area contributed by atoms with Gasteiger partial charge in [0.1, 0.15) is 0 Å². The van der Waals surface area contributed by atoms with Crippen LogP contribution in [0.4, 0.5) is 0 Å². The highest BCUT2D eigenvalue weighted by atomic mass is 16.5. The molecule has 1 aliphatic rings. The van der Waals surface area contributed by atoms with Crippen molar-refractivity contribution in [1.29, 1.82) is 0 Å². The standard InChI is InChI=1S/C17H27NO2/c1-13-9-17(2,3)16(18-10-13)15(11-19)20-12-14-7-5-4-6-8-14/h4-8,13,15-16,18-19H,9-12H2,1-3H3/t13-,15+,16-/m0/s1. The van der Waals surface area contributed by atoms with Crippen LogP contribution in [-0.2, 0) is 11.3 Å². The lowest BCUT2D eigenvalue weighted by Crippen LogP contribution is -2.57. The Bertz CT molecular complexity index is 405. The van der Waals surface area contributed by atoms with Crippen LogP contribution >= 0.6 is 0 Å². The molecule has 0 amide bonds. The van der Waals surface area contributed by atoms with Gasteiger partial charge in [-0.15, -0.1) is 0 Å². The van der Waals surface area contributed by atoms with Crippen LogP contribution in [0.3, 0.4) is 0 Å². The molecule has 1 aromatic carbocycles. The number of hydrogen-bond acceptors (Lipinski definition) is 3. The Kier molecular flexibility index (Phi) is 5.19. The zero-order chi connectivity index (χ0) is 14.6. The highest BCUT2D eigenvalue weighted by Crippen LogP contribution is 2.35. The Balaban J connectivity index is 1.97. The van der Waals surface area contributed by atoms with E-state index in [2.05, 4.69) is 38.2 Å². The van der Waals surface area contributed by atoms with E-state index in [0.717, 1.165) is 18.5 Å². The van der Waals surface area contributed by atoms with E-state index < -0.39 is 0 Å². The second kappa shape index (κ2) is 6.70. The molecule has 0 saturated carbocycles. The van der Waals surface area contributed by atoms with Crippen LogP contribution in [0.25, 0.3) is 0 Å². The Labute approximate surface area is 122 Å². The van der Waals surface area contributed by atoms with Crippen molar-refractivity contribution in [3.05, 3.63) is 35.9 Å². The molecule has 3 nitrogen and oxygen atoms in total. The molecule has 1 aliphatic heterocycles. The first-order valence-electron chi connectivity index (χ1n) is 7.52. The van der Waals surface area contributed by atoms with Gasteiger partial charge in [0, 0.05) is 6.04 Å². The van der Waals surface area contributed by atoms with Crippen molar-refractivity contribution in [2.24, 2.45) is 11.3 Å². The number of ether oxygens (including phenoxy) is 1. The van der Waals surface area contributed by atoms with Gasteiger partial charge in [-0.1, -0.05) is 51.1 Å². The molecule has 1 saturated heterocycles. The van der Waals surface area contributed by atoms with E-state index in [0.29, 0.717) is 12.5 Å². The van der Waals surface area contributed by atoms with Gasteiger partial charge >= 0.3 is 0 Å². The topological polar surface area (TPSA) is 41.5 Å². The van der Waals surface area contributed by atoms with Crippen molar-refractivity contribution in [3.8, 4) is 0 Å². The smallest absolute Gasteiger partial charge is 0.0967 e. The van der Waals surface area contributed by atoms with Gasteiger partial charge in [-0.3, -0.25) is 0 Å². The number of piperidine rings is 1. The van der Waals surface area contributed by atoms with Crippen LogP contribution in [0.15, 0.2) is 30.3 Å². The third-order valence-electron chi connectivity index (χ3n) is 4.26.